The Morgan fingerprint density at radius 3 is 2.40 bits per heavy atom. The van der Waals surface area contributed by atoms with Gasteiger partial charge in [0.05, 0.1) is 11.6 Å². The number of carbonyl (C=O) groups excluding carboxylic acids is 2. The summed E-state index contributed by atoms with van der Waals surface area (Å²) in [7, 11) is 0. The van der Waals surface area contributed by atoms with Crippen molar-refractivity contribution in [3.05, 3.63) is 81.1 Å². The molecule has 6 nitrogen and oxygen atoms in total. The van der Waals surface area contributed by atoms with Gasteiger partial charge in [0.15, 0.2) is 0 Å². The summed E-state index contributed by atoms with van der Waals surface area (Å²) in [5, 5.41) is 20.0. The Kier molecular flexibility index (Phi) is 4.95. The molecule has 4 rings (SSSR count). The Labute approximate surface area is 176 Å². The van der Waals surface area contributed by atoms with E-state index in [2.05, 4.69) is 10.2 Å². The van der Waals surface area contributed by atoms with Crippen molar-refractivity contribution in [2.75, 3.05) is 4.90 Å². The van der Waals surface area contributed by atoms with Crippen LogP contribution in [0.15, 0.2) is 48.0 Å². The summed E-state index contributed by atoms with van der Waals surface area (Å²) < 4.78 is 13.5. The highest BCUT2D eigenvalue weighted by Gasteiger charge is 2.48. The van der Waals surface area contributed by atoms with Crippen LogP contribution in [0.25, 0.3) is 5.76 Å². The molecule has 1 fully saturated rings. The van der Waals surface area contributed by atoms with Crippen LogP contribution in [0.4, 0.5) is 9.52 Å². The minimum absolute atomic E-state index is 0.0619. The Hall–Kier alpha value is -3.39. The molecular weight excluding hydrogens is 405 g/mol. The summed E-state index contributed by atoms with van der Waals surface area (Å²) >= 11 is 1.16. The minimum atomic E-state index is -0.946. The molecule has 1 aliphatic rings. The number of carbonyl (C=O) groups is 2. The molecule has 0 radical (unpaired) electrons. The monoisotopic (exact) mass is 423 g/mol. The fraction of sp³-hybridized carbons (Fsp3) is 0.182. The van der Waals surface area contributed by atoms with Gasteiger partial charge in [-0.25, -0.2) is 4.39 Å². The second kappa shape index (κ2) is 7.46. The lowest BCUT2D eigenvalue weighted by molar-refractivity contribution is -0.132. The summed E-state index contributed by atoms with van der Waals surface area (Å²) in [5.41, 5.74) is 2.54. The first-order valence-corrected chi connectivity index (χ1v) is 10.0. The second-order valence-corrected chi connectivity index (χ2v) is 8.30. The van der Waals surface area contributed by atoms with Crippen molar-refractivity contribution in [1.29, 1.82) is 0 Å². The van der Waals surface area contributed by atoms with E-state index in [9.17, 15) is 19.1 Å². The summed E-state index contributed by atoms with van der Waals surface area (Å²) in [5.74, 6) is -2.35. The van der Waals surface area contributed by atoms with Gasteiger partial charge in [0.2, 0.25) is 5.13 Å². The smallest absolute Gasteiger partial charge is 0.301 e. The van der Waals surface area contributed by atoms with Gasteiger partial charge in [0.25, 0.3) is 5.78 Å². The minimum Gasteiger partial charge on any atom is -0.507 e. The Bertz CT molecular complexity index is 1200. The van der Waals surface area contributed by atoms with Crippen LogP contribution in [0.1, 0.15) is 33.3 Å². The number of halogens is 1. The summed E-state index contributed by atoms with van der Waals surface area (Å²) in [6.07, 6.45) is 0. The number of aliphatic hydroxyl groups is 1. The van der Waals surface area contributed by atoms with Gasteiger partial charge in [0.1, 0.15) is 16.6 Å². The molecule has 0 spiro atoms. The molecule has 2 aromatic carbocycles. The van der Waals surface area contributed by atoms with Gasteiger partial charge < -0.3 is 5.11 Å². The maximum atomic E-state index is 13.5. The van der Waals surface area contributed by atoms with Crippen LogP contribution in [0.5, 0.6) is 0 Å². The molecule has 0 saturated carbocycles. The van der Waals surface area contributed by atoms with Crippen molar-refractivity contribution in [2.45, 2.75) is 26.8 Å². The average molecular weight is 423 g/mol. The zero-order valence-corrected chi connectivity index (χ0v) is 17.3. The molecule has 8 heteroatoms. The third-order valence-corrected chi connectivity index (χ3v) is 5.84. The van der Waals surface area contributed by atoms with Gasteiger partial charge >= 0.3 is 5.91 Å². The molecule has 1 aromatic heterocycles. The summed E-state index contributed by atoms with van der Waals surface area (Å²) in [4.78, 5) is 27.2. The zero-order chi connectivity index (χ0) is 21.6. The highest BCUT2D eigenvalue weighted by atomic mass is 32.1. The van der Waals surface area contributed by atoms with Gasteiger partial charge in [-0.1, -0.05) is 41.2 Å². The van der Waals surface area contributed by atoms with Gasteiger partial charge in [-0.15, -0.1) is 10.2 Å². The van der Waals surface area contributed by atoms with Gasteiger partial charge in [-0.05, 0) is 50.1 Å². The largest absolute Gasteiger partial charge is 0.507 e. The molecule has 1 amide bonds. The molecule has 1 atom stereocenters. The number of hydrogen-bond acceptors (Lipinski definition) is 6. The Morgan fingerprint density at radius 2 is 1.77 bits per heavy atom. The molecule has 30 heavy (non-hydrogen) atoms. The SMILES string of the molecule is Cc1ccc(C)c(C(O)=C2C(=O)C(=O)N(c3nnc(C)s3)C2c2ccc(F)cc2)c1. The van der Waals surface area contributed by atoms with E-state index in [1.54, 1.807) is 13.0 Å². The van der Waals surface area contributed by atoms with Crippen LogP contribution in [0.2, 0.25) is 0 Å². The van der Waals surface area contributed by atoms with Crippen LogP contribution in [-0.2, 0) is 9.59 Å². The van der Waals surface area contributed by atoms with E-state index in [0.29, 0.717) is 16.1 Å². The normalized spacial score (nSPS) is 18.3. The number of benzene rings is 2. The molecule has 0 bridgehead atoms. The zero-order valence-electron chi connectivity index (χ0n) is 16.5. The molecule has 1 aliphatic heterocycles. The predicted octanol–water partition coefficient (Wildman–Crippen LogP) is 4.23. The van der Waals surface area contributed by atoms with E-state index in [4.69, 9.17) is 0 Å². The number of amides is 1. The maximum Gasteiger partial charge on any atom is 0.301 e. The molecule has 1 unspecified atom stereocenters. The standard InChI is InChI=1S/C22H18FN3O3S/c1-11-4-5-12(2)16(10-11)19(27)17-18(14-6-8-15(23)9-7-14)26(21(29)20(17)28)22-25-24-13(3)30-22/h4-10,18,27H,1-3H3. The summed E-state index contributed by atoms with van der Waals surface area (Å²) in [6.45, 7) is 5.42. The molecule has 1 saturated heterocycles. The summed E-state index contributed by atoms with van der Waals surface area (Å²) in [6, 6.07) is 10.0. The van der Waals surface area contributed by atoms with E-state index in [0.717, 1.165) is 22.5 Å². The maximum absolute atomic E-state index is 13.5. The first kappa shape index (κ1) is 19.9. The van der Waals surface area contributed by atoms with E-state index < -0.39 is 23.5 Å². The number of aromatic nitrogens is 2. The third-order valence-electron chi connectivity index (χ3n) is 5.00. The van der Waals surface area contributed by atoms with Crippen molar-refractivity contribution in [2.24, 2.45) is 0 Å². The number of hydrogen-bond donors (Lipinski definition) is 1. The van der Waals surface area contributed by atoms with Gasteiger partial charge in [-0.3, -0.25) is 14.5 Å². The van der Waals surface area contributed by atoms with E-state index in [1.165, 1.54) is 29.2 Å². The van der Waals surface area contributed by atoms with Gasteiger partial charge in [0, 0.05) is 5.56 Å². The first-order chi connectivity index (χ1) is 14.3. The number of ketones is 1. The average Bonchev–Trinajstić information content (AvgIpc) is 3.25. The molecule has 0 aliphatic carbocycles. The van der Waals surface area contributed by atoms with Crippen molar-refractivity contribution < 1.29 is 19.1 Å². The number of rotatable bonds is 3. The Balaban J connectivity index is 1.97. The lowest BCUT2D eigenvalue weighted by atomic mass is 9.93. The lowest BCUT2D eigenvalue weighted by Crippen LogP contribution is -2.29. The van der Waals surface area contributed by atoms with Crippen molar-refractivity contribution in [3.8, 4) is 0 Å². The van der Waals surface area contributed by atoms with Crippen LogP contribution >= 0.6 is 11.3 Å². The predicted molar refractivity (Wildman–Crippen MR) is 112 cm³/mol. The highest BCUT2D eigenvalue weighted by molar-refractivity contribution is 7.15. The highest BCUT2D eigenvalue weighted by Crippen LogP contribution is 2.43. The van der Waals surface area contributed by atoms with Crippen LogP contribution in [0, 0.1) is 26.6 Å². The third kappa shape index (κ3) is 3.29. The molecule has 2 heterocycles. The fourth-order valence-corrected chi connectivity index (χ4v) is 4.22. The van der Waals surface area contributed by atoms with Crippen molar-refractivity contribution in [1.82, 2.24) is 10.2 Å². The molecular formula is C22H18FN3O3S. The second-order valence-electron chi connectivity index (χ2n) is 7.14. The first-order valence-electron chi connectivity index (χ1n) is 9.22. The van der Waals surface area contributed by atoms with Crippen LogP contribution < -0.4 is 4.90 Å². The number of aliphatic hydroxyl groups excluding tert-OH is 1. The quantitative estimate of drug-likeness (QED) is 0.387. The van der Waals surface area contributed by atoms with Crippen LogP contribution in [0.3, 0.4) is 0 Å². The van der Waals surface area contributed by atoms with E-state index in [1.807, 2.05) is 26.0 Å². The number of Topliss-reactive ketones (excluding diaryl/α,β-unsaturated/α-hetero) is 1. The van der Waals surface area contributed by atoms with Crippen molar-refractivity contribution in [3.63, 3.8) is 0 Å². The topological polar surface area (TPSA) is 83.4 Å². The number of aryl methyl sites for hydroxylation is 3. The number of nitrogens with zero attached hydrogens (tertiary/aromatic N) is 3. The van der Waals surface area contributed by atoms with Gasteiger partial charge in [-0.2, -0.15) is 0 Å². The van der Waals surface area contributed by atoms with Crippen molar-refractivity contribution >= 4 is 33.9 Å². The van der Waals surface area contributed by atoms with E-state index >= 15 is 0 Å². The fourth-order valence-electron chi connectivity index (χ4n) is 3.51. The lowest BCUT2D eigenvalue weighted by Gasteiger charge is -2.22. The molecule has 152 valence electrons. The molecule has 1 N–H and O–H groups in total. The number of anilines is 1. The van der Waals surface area contributed by atoms with E-state index in [-0.39, 0.29) is 16.5 Å². The molecule has 3 aromatic rings. The van der Waals surface area contributed by atoms with Crippen LogP contribution in [-0.4, -0.2) is 27.0 Å². The Morgan fingerprint density at radius 1 is 1.07 bits per heavy atom.